The molecule has 1 fully saturated rings. The van der Waals surface area contributed by atoms with E-state index in [1.807, 2.05) is 19.9 Å². The van der Waals surface area contributed by atoms with Gasteiger partial charge in [0.2, 0.25) is 10.0 Å². The van der Waals surface area contributed by atoms with E-state index in [0.717, 1.165) is 28.5 Å². The highest BCUT2D eigenvalue weighted by Gasteiger charge is 2.33. The number of hydrogen-bond donors (Lipinski definition) is 1. The van der Waals surface area contributed by atoms with Crippen LogP contribution in [0.15, 0.2) is 12.3 Å². The molecule has 23 heavy (non-hydrogen) atoms. The lowest BCUT2D eigenvalue weighted by atomic mass is 10.1. The first-order valence-electron chi connectivity index (χ1n) is 7.35. The summed E-state index contributed by atoms with van der Waals surface area (Å²) in [6.07, 6.45) is 4.66. The third kappa shape index (κ3) is 3.67. The second-order valence-corrected chi connectivity index (χ2v) is 8.83. The van der Waals surface area contributed by atoms with Crippen LogP contribution in [-0.4, -0.2) is 40.5 Å². The molecule has 0 spiro atoms. The molecule has 2 aromatic rings. The predicted molar refractivity (Wildman–Crippen MR) is 90.4 cm³/mol. The van der Waals surface area contributed by atoms with Crippen molar-refractivity contribution in [2.45, 2.75) is 32.7 Å². The molecule has 9 heteroatoms. The van der Waals surface area contributed by atoms with Gasteiger partial charge in [-0.15, -0.1) is 11.3 Å². The Bertz CT molecular complexity index is 818. The Morgan fingerprint density at radius 1 is 1.35 bits per heavy atom. The summed E-state index contributed by atoms with van der Waals surface area (Å²) >= 11 is 1.54. The molecule has 2 aromatic heterocycles. The van der Waals surface area contributed by atoms with Gasteiger partial charge >= 0.3 is 0 Å². The molecular weight excluding hydrogens is 334 g/mol. The summed E-state index contributed by atoms with van der Waals surface area (Å²) in [5.74, 6) is 1.25. The number of rotatable bonds is 4. The van der Waals surface area contributed by atoms with Crippen molar-refractivity contribution in [3.05, 3.63) is 28.7 Å². The van der Waals surface area contributed by atoms with E-state index in [0.29, 0.717) is 18.2 Å². The average Bonchev–Trinajstić information content (AvgIpc) is 3.06. The highest BCUT2D eigenvalue weighted by molar-refractivity contribution is 7.88. The van der Waals surface area contributed by atoms with E-state index in [2.05, 4.69) is 20.3 Å². The molecule has 3 rings (SSSR count). The molecule has 1 atom stereocenters. The Morgan fingerprint density at radius 3 is 2.78 bits per heavy atom. The molecule has 3 heterocycles. The van der Waals surface area contributed by atoms with Gasteiger partial charge in [-0.25, -0.2) is 23.4 Å². The summed E-state index contributed by atoms with van der Waals surface area (Å²) in [6.45, 7) is 4.34. The number of nitrogens with one attached hydrogen (secondary N) is 1. The van der Waals surface area contributed by atoms with Crippen LogP contribution < -0.4 is 5.32 Å². The van der Waals surface area contributed by atoms with Crippen LogP contribution in [0.25, 0.3) is 0 Å². The van der Waals surface area contributed by atoms with E-state index in [1.54, 1.807) is 17.5 Å². The molecule has 1 N–H and O–H groups in total. The maximum Gasteiger partial charge on any atom is 0.211 e. The Labute approximate surface area is 139 Å². The van der Waals surface area contributed by atoms with E-state index in [9.17, 15) is 8.42 Å². The lowest BCUT2D eigenvalue weighted by Gasteiger charge is -2.22. The van der Waals surface area contributed by atoms with Crippen LogP contribution in [0, 0.1) is 13.8 Å². The van der Waals surface area contributed by atoms with Crippen molar-refractivity contribution in [3.8, 4) is 0 Å². The van der Waals surface area contributed by atoms with Gasteiger partial charge in [0.25, 0.3) is 0 Å². The Kier molecular flexibility index (Phi) is 4.35. The van der Waals surface area contributed by atoms with Crippen molar-refractivity contribution in [1.29, 1.82) is 0 Å². The molecule has 124 valence electrons. The molecule has 1 aliphatic rings. The first-order valence-corrected chi connectivity index (χ1v) is 10.0. The van der Waals surface area contributed by atoms with Gasteiger partial charge in [-0.05, 0) is 26.7 Å². The molecular formula is C14H19N5O2S2. The van der Waals surface area contributed by atoms with E-state index in [4.69, 9.17) is 0 Å². The number of hydrogen-bond acceptors (Lipinski definition) is 7. The molecule has 0 unspecified atom stereocenters. The zero-order valence-corrected chi connectivity index (χ0v) is 14.9. The van der Waals surface area contributed by atoms with Gasteiger partial charge in [0.1, 0.15) is 11.6 Å². The van der Waals surface area contributed by atoms with Gasteiger partial charge in [-0.2, -0.15) is 4.31 Å². The number of aryl methyl sites for hydroxylation is 2. The molecule has 0 aliphatic carbocycles. The standard InChI is InChI=1S/C14H19N5O2S2/c1-9-8-15-14(22-9)18-13-7-11(16-10(2)17-13)12-5-4-6-19(12)23(3,20)21/h7-8,12H,4-6H2,1-3H3,(H,15,16,17,18)/t12-/m1/s1. The largest absolute Gasteiger partial charge is 0.316 e. The van der Waals surface area contributed by atoms with Crippen LogP contribution >= 0.6 is 11.3 Å². The third-order valence-corrected chi connectivity index (χ3v) is 5.80. The number of nitrogens with zero attached hydrogens (tertiary/aromatic N) is 4. The molecule has 0 amide bonds. The maximum atomic E-state index is 11.9. The minimum Gasteiger partial charge on any atom is -0.316 e. The van der Waals surface area contributed by atoms with Crippen LogP contribution in [0.5, 0.6) is 0 Å². The van der Waals surface area contributed by atoms with Crippen molar-refractivity contribution in [2.24, 2.45) is 0 Å². The highest BCUT2D eigenvalue weighted by Crippen LogP contribution is 2.34. The van der Waals surface area contributed by atoms with Crippen molar-refractivity contribution >= 4 is 32.3 Å². The van der Waals surface area contributed by atoms with Crippen LogP contribution in [0.1, 0.15) is 35.3 Å². The van der Waals surface area contributed by atoms with Crippen LogP contribution in [-0.2, 0) is 10.0 Å². The number of aromatic nitrogens is 3. The molecule has 0 aromatic carbocycles. The molecule has 1 aliphatic heterocycles. The third-order valence-electron chi connectivity index (χ3n) is 3.69. The monoisotopic (exact) mass is 353 g/mol. The van der Waals surface area contributed by atoms with E-state index in [-0.39, 0.29) is 6.04 Å². The lowest BCUT2D eigenvalue weighted by molar-refractivity contribution is 0.393. The smallest absolute Gasteiger partial charge is 0.211 e. The predicted octanol–water partition coefficient (Wildman–Crippen LogP) is 2.39. The Hall–Kier alpha value is -1.58. The fourth-order valence-corrected chi connectivity index (χ4v) is 4.59. The van der Waals surface area contributed by atoms with E-state index >= 15 is 0 Å². The molecule has 0 radical (unpaired) electrons. The van der Waals surface area contributed by atoms with Crippen LogP contribution in [0.2, 0.25) is 0 Å². The maximum absolute atomic E-state index is 11.9. The van der Waals surface area contributed by atoms with Crippen molar-refractivity contribution < 1.29 is 8.42 Å². The first-order chi connectivity index (χ1) is 10.8. The van der Waals surface area contributed by atoms with E-state index in [1.165, 1.54) is 10.6 Å². The highest BCUT2D eigenvalue weighted by atomic mass is 32.2. The number of thiazole rings is 1. The van der Waals surface area contributed by atoms with Gasteiger partial charge < -0.3 is 5.32 Å². The zero-order chi connectivity index (χ0) is 16.6. The zero-order valence-electron chi connectivity index (χ0n) is 13.3. The second kappa shape index (κ2) is 6.14. The second-order valence-electron chi connectivity index (χ2n) is 5.66. The van der Waals surface area contributed by atoms with Gasteiger partial charge in [-0.3, -0.25) is 0 Å². The molecule has 0 saturated carbocycles. The topological polar surface area (TPSA) is 88.1 Å². The normalized spacial score (nSPS) is 19.2. The van der Waals surface area contributed by atoms with Crippen molar-refractivity contribution in [3.63, 3.8) is 0 Å². The summed E-state index contributed by atoms with van der Waals surface area (Å²) < 4.78 is 25.4. The van der Waals surface area contributed by atoms with Crippen molar-refractivity contribution in [2.75, 3.05) is 18.1 Å². The van der Waals surface area contributed by atoms with Crippen LogP contribution in [0.4, 0.5) is 10.9 Å². The van der Waals surface area contributed by atoms with Gasteiger partial charge in [0, 0.05) is 23.7 Å². The Morgan fingerprint density at radius 2 is 2.13 bits per heavy atom. The minimum absolute atomic E-state index is 0.217. The first kappa shape index (κ1) is 16.3. The van der Waals surface area contributed by atoms with Gasteiger partial charge in [0.05, 0.1) is 18.0 Å². The quantitative estimate of drug-likeness (QED) is 0.908. The fraction of sp³-hybridized carbons (Fsp3) is 0.500. The lowest BCUT2D eigenvalue weighted by Crippen LogP contribution is -2.30. The fourth-order valence-electron chi connectivity index (χ4n) is 2.78. The summed E-state index contributed by atoms with van der Waals surface area (Å²) in [4.78, 5) is 14.2. The Balaban J connectivity index is 1.91. The number of sulfonamides is 1. The summed E-state index contributed by atoms with van der Waals surface area (Å²) in [5, 5.41) is 3.93. The van der Waals surface area contributed by atoms with Gasteiger partial charge in [-0.1, -0.05) is 0 Å². The number of anilines is 2. The van der Waals surface area contributed by atoms with Gasteiger partial charge in [0.15, 0.2) is 5.13 Å². The summed E-state index contributed by atoms with van der Waals surface area (Å²) in [6, 6.07) is 1.60. The van der Waals surface area contributed by atoms with Crippen LogP contribution in [0.3, 0.4) is 0 Å². The SMILES string of the molecule is Cc1nc(Nc2ncc(C)s2)cc([C@H]2CCCN2S(C)(=O)=O)n1. The summed E-state index contributed by atoms with van der Waals surface area (Å²) in [5.41, 5.74) is 0.733. The van der Waals surface area contributed by atoms with Crippen molar-refractivity contribution in [1.82, 2.24) is 19.3 Å². The minimum atomic E-state index is -3.24. The summed E-state index contributed by atoms with van der Waals surface area (Å²) in [7, 11) is -3.24. The molecule has 7 nitrogen and oxygen atoms in total. The molecule has 1 saturated heterocycles. The molecule has 0 bridgehead atoms. The average molecular weight is 353 g/mol. The van der Waals surface area contributed by atoms with E-state index < -0.39 is 10.0 Å².